The number of carbonyl (C=O) groups excluding carboxylic acids is 1. The van der Waals surface area contributed by atoms with E-state index in [0.717, 1.165) is 11.4 Å². The summed E-state index contributed by atoms with van der Waals surface area (Å²) in [6.07, 6.45) is 0. The van der Waals surface area contributed by atoms with E-state index in [1.54, 1.807) is 31.4 Å². The van der Waals surface area contributed by atoms with E-state index in [-0.39, 0.29) is 16.6 Å². The van der Waals surface area contributed by atoms with Crippen molar-refractivity contribution < 1.29 is 9.53 Å². The summed E-state index contributed by atoms with van der Waals surface area (Å²) in [7, 11) is 1.59. The molecule has 0 unspecified atom stereocenters. The summed E-state index contributed by atoms with van der Waals surface area (Å²) >= 11 is 6.01. The van der Waals surface area contributed by atoms with E-state index in [1.165, 1.54) is 11.6 Å². The van der Waals surface area contributed by atoms with Crippen molar-refractivity contribution in [3.05, 3.63) is 35.1 Å². The van der Waals surface area contributed by atoms with E-state index in [2.05, 4.69) is 10.3 Å². The number of Topliss-reactive ketones (excluding diaryl/α,β-unsaturated/α-hetero) is 1. The average Bonchev–Trinajstić information content (AvgIpc) is 2.71. The number of ether oxygens (including phenoxy) is 1. The van der Waals surface area contributed by atoms with Gasteiger partial charge in [0.05, 0.1) is 12.8 Å². The zero-order chi connectivity index (χ0) is 12.4. The van der Waals surface area contributed by atoms with E-state index in [4.69, 9.17) is 16.3 Å². The maximum absolute atomic E-state index is 11.2. The minimum atomic E-state index is -0.213. The number of rotatable bonds is 3. The number of benzene rings is 1. The van der Waals surface area contributed by atoms with E-state index in [9.17, 15) is 4.79 Å². The summed E-state index contributed by atoms with van der Waals surface area (Å²) in [6, 6.07) is 7.12. The molecule has 0 aliphatic carbocycles. The smallest absolute Gasteiger partial charge is 0.183 e. The van der Waals surface area contributed by atoms with Crippen LogP contribution in [0.1, 0.15) is 17.4 Å². The van der Waals surface area contributed by atoms with Gasteiger partial charge in [0.15, 0.2) is 16.6 Å². The predicted molar refractivity (Wildman–Crippen MR) is 62.9 cm³/mol. The number of hydrogen-bond acceptors (Lipinski definition) is 4. The number of carbonyl (C=O) groups is 1. The Hall–Kier alpha value is -1.88. The molecular weight excluding hydrogens is 242 g/mol. The van der Waals surface area contributed by atoms with Crippen molar-refractivity contribution in [3.63, 3.8) is 0 Å². The van der Waals surface area contributed by atoms with Crippen molar-refractivity contribution in [3.8, 4) is 11.4 Å². The largest absolute Gasteiger partial charge is 0.497 e. The molecule has 88 valence electrons. The fourth-order valence-electron chi connectivity index (χ4n) is 1.37. The number of nitrogens with zero attached hydrogens (tertiary/aromatic N) is 3. The maximum Gasteiger partial charge on any atom is 0.183 e. The van der Waals surface area contributed by atoms with Gasteiger partial charge in [-0.05, 0) is 24.3 Å². The summed E-state index contributed by atoms with van der Waals surface area (Å²) in [5, 5.41) is 7.78. The first-order chi connectivity index (χ1) is 8.13. The van der Waals surface area contributed by atoms with Crippen LogP contribution in [0.15, 0.2) is 24.3 Å². The molecule has 1 heterocycles. The minimum Gasteiger partial charge on any atom is -0.497 e. The fourth-order valence-corrected chi connectivity index (χ4v) is 1.68. The Labute approximate surface area is 103 Å². The SMILES string of the molecule is COc1ccc(-n2nnc(C(C)=O)c2Cl)cc1. The zero-order valence-corrected chi connectivity index (χ0v) is 10.1. The second-order valence-corrected chi connectivity index (χ2v) is 3.75. The first-order valence-corrected chi connectivity index (χ1v) is 5.28. The van der Waals surface area contributed by atoms with Crippen LogP contribution >= 0.6 is 11.6 Å². The van der Waals surface area contributed by atoms with Crippen molar-refractivity contribution in [2.45, 2.75) is 6.92 Å². The standard InChI is InChI=1S/C11H10ClN3O2/c1-7(16)10-11(12)15(14-13-10)8-3-5-9(17-2)6-4-8/h3-6H,1-2H3. The van der Waals surface area contributed by atoms with Gasteiger partial charge in [0.2, 0.25) is 0 Å². The van der Waals surface area contributed by atoms with Crippen LogP contribution in [-0.2, 0) is 0 Å². The summed E-state index contributed by atoms with van der Waals surface area (Å²) in [5.41, 5.74) is 0.887. The van der Waals surface area contributed by atoms with Crippen LogP contribution in [0.2, 0.25) is 5.15 Å². The normalized spacial score (nSPS) is 10.3. The lowest BCUT2D eigenvalue weighted by atomic mass is 10.3. The molecule has 0 bridgehead atoms. The Kier molecular flexibility index (Phi) is 3.10. The molecule has 2 rings (SSSR count). The quantitative estimate of drug-likeness (QED) is 0.784. The third kappa shape index (κ3) is 2.14. The van der Waals surface area contributed by atoms with Crippen LogP contribution < -0.4 is 4.74 Å². The topological polar surface area (TPSA) is 57.0 Å². The Morgan fingerprint density at radius 3 is 2.47 bits per heavy atom. The summed E-state index contributed by atoms with van der Waals surface area (Å²) in [5.74, 6) is 0.520. The molecule has 0 aliphatic rings. The van der Waals surface area contributed by atoms with Crippen LogP contribution in [0.4, 0.5) is 0 Å². The lowest BCUT2D eigenvalue weighted by Gasteiger charge is -2.03. The van der Waals surface area contributed by atoms with Crippen LogP contribution in [0.25, 0.3) is 5.69 Å². The second-order valence-electron chi connectivity index (χ2n) is 3.39. The van der Waals surface area contributed by atoms with Crippen LogP contribution in [0.5, 0.6) is 5.75 Å². The molecule has 6 heteroatoms. The summed E-state index contributed by atoms with van der Waals surface area (Å²) in [4.78, 5) is 11.2. The van der Waals surface area contributed by atoms with Crippen molar-refractivity contribution in [1.82, 2.24) is 15.0 Å². The van der Waals surface area contributed by atoms with Gasteiger partial charge >= 0.3 is 0 Å². The first kappa shape index (κ1) is 11.6. The molecule has 0 radical (unpaired) electrons. The van der Waals surface area contributed by atoms with Crippen molar-refractivity contribution in [2.24, 2.45) is 0 Å². The van der Waals surface area contributed by atoms with E-state index in [0.29, 0.717) is 0 Å². The van der Waals surface area contributed by atoms with Gasteiger partial charge < -0.3 is 4.74 Å². The minimum absolute atomic E-state index is 0.169. The average molecular weight is 252 g/mol. The van der Waals surface area contributed by atoms with Crippen LogP contribution in [0.3, 0.4) is 0 Å². The highest BCUT2D eigenvalue weighted by Crippen LogP contribution is 2.20. The zero-order valence-electron chi connectivity index (χ0n) is 9.35. The van der Waals surface area contributed by atoms with Crippen molar-refractivity contribution in [1.29, 1.82) is 0 Å². The van der Waals surface area contributed by atoms with Gasteiger partial charge in [0.1, 0.15) is 5.75 Å². The van der Waals surface area contributed by atoms with Crippen molar-refractivity contribution >= 4 is 17.4 Å². The number of halogens is 1. The van der Waals surface area contributed by atoms with Crippen molar-refractivity contribution in [2.75, 3.05) is 7.11 Å². The van der Waals surface area contributed by atoms with Crippen LogP contribution in [-0.4, -0.2) is 27.9 Å². The van der Waals surface area contributed by atoms with Gasteiger partial charge in [0.25, 0.3) is 0 Å². The predicted octanol–water partition coefficient (Wildman–Crippen LogP) is 2.13. The molecule has 1 aromatic carbocycles. The molecule has 2 aromatic rings. The Bertz CT molecular complexity index is 548. The molecule has 0 aliphatic heterocycles. The number of ketones is 1. The Morgan fingerprint density at radius 2 is 2.00 bits per heavy atom. The monoisotopic (exact) mass is 251 g/mol. The fraction of sp³-hybridized carbons (Fsp3) is 0.182. The molecule has 0 amide bonds. The highest BCUT2D eigenvalue weighted by molar-refractivity contribution is 6.32. The third-order valence-electron chi connectivity index (χ3n) is 2.27. The van der Waals surface area contributed by atoms with E-state index < -0.39 is 0 Å². The molecule has 0 spiro atoms. The molecule has 0 atom stereocenters. The van der Waals surface area contributed by atoms with E-state index >= 15 is 0 Å². The second kappa shape index (κ2) is 4.55. The molecular formula is C11H10ClN3O2. The molecule has 1 aromatic heterocycles. The van der Waals surface area contributed by atoms with E-state index in [1.807, 2.05) is 0 Å². The maximum atomic E-state index is 11.2. The van der Waals surface area contributed by atoms with Gasteiger partial charge in [-0.2, -0.15) is 0 Å². The highest BCUT2D eigenvalue weighted by atomic mass is 35.5. The van der Waals surface area contributed by atoms with Gasteiger partial charge in [-0.15, -0.1) is 5.10 Å². The molecule has 0 fully saturated rings. The Balaban J connectivity index is 2.42. The molecule has 5 nitrogen and oxygen atoms in total. The van der Waals surface area contributed by atoms with Gasteiger partial charge in [-0.1, -0.05) is 16.8 Å². The van der Waals surface area contributed by atoms with Gasteiger partial charge in [0, 0.05) is 6.92 Å². The number of aromatic nitrogens is 3. The lowest BCUT2D eigenvalue weighted by Crippen LogP contribution is -1.97. The van der Waals surface area contributed by atoms with Gasteiger partial charge in [-0.25, -0.2) is 4.68 Å². The summed E-state index contributed by atoms with van der Waals surface area (Å²) in [6.45, 7) is 1.40. The summed E-state index contributed by atoms with van der Waals surface area (Å²) < 4.78 is 6.45. The first-order valence-electron chi connectivity index (χ1n) is 4.90. The Morgan fingerprint density at radius 1 is 1.35 bits per heavy atom. The molecule has 0 saturated heterocycles. The van der Waals surface area contributed by atoms with Crippen LogP contribution in [0, 0.1) is 0 Å². The number of hydrogen-bond donors (Lipinski definition) is 0. The molecule has 0 saturated carbocycles. The highest BCUT2D eigenvalue weighted by Gasteiger charge is 2.15. The third-order valence-corrected chi connectivity index (χ3v) is 2.61. The lowest BCUT2D eigenvalue weighted by molar-refractivity contribution is 0.101. The molecule has 0 N–H and O–H groups in total. The number of methoxy groups -OCH3 is 1. The molecule has 17 heavy (non-hydrogen) atoms. The van der Waals surface area contributed by atoms with Gasteiger partial charge in [-0.3, -0.25) is 4.79 Å².